The van der Waals surface area contributed by atoms with Crippen molar-refractivity contribution in [3.05, 3.63) is 47.4 Å². The predicted octanol–water partition coefficient (Wildman–Crippen LogP) is 2.39. The maximum absolute atomic E-state index is 12.6. The lowest BCUT2D eigenvalue weighted by molar-refractivity contribution is -0.130. The van der Waals surface area contributed by atoms with Crippen LogP contribution in [-0.2, 0) is 4.79 Å². The van der Waals surface area contributed by atoms with Crippen molar-refractivity contribution >= 4 is 17.6 Å². The number of nitrogens with one attached hydrogen (secondary N) is 1. The van der Waals surface area contributed by atoms with Crippen LogP contribution < -0.4 is 15.0 Å². The van der Waals surface area contributed by atoms with Crippen LogP contribution in [0.25, 0.3) is 0 Å². The first-order valence-electron chi connectivity index (χ1n) is 10.8. The zero-order valence-electron chi connectivity index (χ0n) is 18.7. The second kappa shape index (κ2) is 10.2. The van der Waals surface area contributed by atoms with E-state index in [2.05, 4.69) is 34.0 Å². The van der Waals surface area contributed by atoms with Gasteiger partial charge in [-0.15, -0.1) is 0 Å². The van der Waals surface area contributed by atoms with Gasteiger partial charge >= 0.3 is 0 Å². The summed E-state index contributed by atoms with van der Waals surface area (Å²) in [6.07, 6.45) is 0. The molecule has 2 amide bonds. The number of amides is 2. The number of para-hydroxylation sites is 1. The molecule has 0 bridgehead atoms. The quantitative estimate of drug-likeness (QED) is 0.733. The Morgan fingerprint density at radius 1 is 1.13 bits per heavy atom. The Morgan fingerprint density at radius 3 is 2.52 bits per heavy atom. The number of piperazine rings is 1. The SMILES string of the molecule is CCOc1ccccc1C(=O)NCC(=O)N1CCN(c2cc(C)nc(C(C)C)n2)CC1. The Kier molecular flexibility index (Phi) is 7.44. The van der Waals surface area contributed by atoms with Crippen molar-refractivity contribution in [2.45, 2.75) is 33.6 Å². The zero-order chi connectivity index (χ0) is 22.4. The molecule has 0 radical (unpaired) electrons. The van der Waals surface area contributed by atoms with Crippen LogP contribution in [0.2, 0.25) is 0 Å². The molecule has 1 aromatic carbocycles. The fourth-order valence-electron chi connectivity index (χ4n) is 3.48. The Morgan fingerprint density at radius 2 is 1.84 bits per heavy atom. The maximum atomic E-state index is 12.6. The van der Waals surface area contributed by atoms with E-state index >= 15 is 0 Å². The van der Waals surface area contributed by atoms with Crippen molar-refractivity contribution in [1.29, 1.82) is 0 Å². The van der Waals surface area contributed by atoms with Gasteiger partial charge in [0.2, 0.25) is 5.91 Å². The standard InChI is InChI=1S/C23H31N5O3/c1-5-31-19-9-7-6-8-18(19)23(30)24-15-21(29)28-12-10-27(11-13-28)20-14-17(4)25-22(26-20)16(2)3/h6-9,14,16H,5,10-13,15H2,1-4H3,(H,24,30). The number of aromatic nitrogens is 2. The van der Waals surface area contributed by atoms with Gasteiger partial charge in [-0.3, -0.25) is 9.59 Å². The Labute approximate surface area is 183 Å². The third kappa shape index (κ3) is 5.71. The normalized spacial score (nSPS) is 14.0. The van der Waals surface area contributed by atoms with E-state index in [1.807, 2.05) is 26.0 Å². The highest BCUT2D eigenvalue weighted by molar-refractivity contribution is 5.98. The topological polar surface area (TPSA) is 87.7 Å². The summed E-state index contributed by atoms with van der Waals surface area (Å²) in [4.78, 5) is 38.3. The predicted molar refractivity (Wildman–Crippen MR) is 120 cm³/mol. The molecule has 1 N–H and O–H groups in total. The first kappa shape index (κ1) is 22.5. The molecule has 1 aliphatic rings. The summed E-state index contributed by atoms with van der Waals surface area (Å²) >= 11 is 0. The van der Waals surface area contributed by atoms with E-state index in [0.717, 1.165) is 17.3 Å². The molecule has 1 saturated heterocycles. The molecular formula is C23H31N5O3. The van der Waals surface area contributed by atoms with E-state index in [1.165, 1.54) is 0 Å². The van der Waals surface area contributed by atoms with E-state index in [-0.39, 0.29) is 24.3 Å². The molecule has 8 nitrogen and oxygen atoms in total. The third-order valence-corrected chi connectivity index (χ3v) is 5.16. The molecule has 0 unspecified atom stereocenters. The van der Waals surface area contributed by atoms with Crippen LogP contribution in [-0.4, -0.2) is 66.0 Å². The van der Waals surface area contributed by atoms with Gasteiger partial charge in [0.1, 0.15) is 17.4 Å². The molecule has 1 aromatic heterocycles. The summed E-state index contributed by atoms with van der Waals surface area (Å²) < 4.78 is 5.49. The molecule has 1 aliphatic heterocycles. The van der Waals surface area contributed by atoms with E-state index in [9.17, 15) is 9.59 Å². The largest absolute Gasteiger partial charge is 0.493 e. The van der Waals surface area contributed by atoms with Gasteiger partial charge in [0.15, 0.2) is 0 Å². The highest BCUT2D eigenvalue weighted by Crippen LogP contribution is 2.19. The maximum Gasteiger partial charge on any atom is 0.255 e. The van der Waals surface area contributed by atoms with Crippen LogP contribution in [0, 0.1) is 6.92 Å². The summed E-state index contributed by atoms with van der Waals surface area (Å²) in [5.41, 5.74) is 1.38. The second-order valence-electron chi connectivity index (χ2n) is 7.86. The molecule has 2 heterocycles. The molecule has 166 valence electrons. The lowest BCUT2D eigenvalue weighted by atomic mass is 10.2. The highest BCUT2D eigenvalue weighted by atomic mass is 16.5. The molecule has 8 heteroatoms. The van der Waals surface area contributed by atoms with Crippen LogP contribution >= 0.6 is 0 Å². The van der Waals surface area contributed by atoms with E-state index in [4.69, 9.17) is 4.74 Å². The van der Waals surface area contributed by atoms with Crippen molar-refractivity contribution in [2.24, 2.45) is 0 Å². The first-order chi connectivity index (χ1) is 14.9. The minimum atomic E-state index is -0.311. The number of carbonyl (C=O) groups excluding carboxylic acids is 2. The van der Waals surface area contributed by atoms with Gasteiger partial charge in [0.25, 0.3) is 5.91 Å². The van der Waals surface area contributed by atoms with Gasteiger partial charge in [-0.25, -0.2) is 9.97 Å². The van der Waals surface area contributed by atoms with Crippen LogP contribution in [0.5, 0.6) is 5.75 Å². The van der Waals surface area contributed by atoms with Gasteiger partial charge in [-0.2, -0.15) is 0 Å². The smallest absolute Gasteiger partial charge is 0.255 e. The van der Waals surface area contributed by atoms with Crippen LogP contribution in [0.1, 0.15) is 48.6 Å². The summed E-state index contributed by atoms with van der Waals surface area (Å²) in [7, 11) is 0. The van der Waals surface area contributed by atoms with Gasteiger partial charge in [-0.05, 0) is 26.0 Å². The lowest BCUT2D eigenvalue weighted by Crippen LogP contribution is -2.51. The van der Waals surface area contributed by atoms with Crippen molar-refractivity contribution in [2.75, 3.05) is 44.2 Å². The molecule has 0 atom stereocenters. The van der Waals surface area contributed by atoms with E-state index < -0.39 is 0 Å². The molecule has 3 rings (SSSR count). The van der Waals surface area contributed by atoms with Crippen molar-refractivity contribution < 1.29 is 14.3 Å². The van der Waals surface area contributed by atoms with Crippen molar-refractivity contribution in [3.8, 4) is 5.75 Å². The fraction of sp³-hybridized carbons (Fsp3) is 0.478. The summed E-state index contributed by atoms with van der Waals surface area (Å²) in [6.45, 7) is 11.0. The van der Waals surface area contributed by atoms with E-state index in [0.29, 0.717) is 44.1 Å². The molecule has 0 spiro atoms. The fourth-order valence-corrected chi connectivity index (χ4v) is 3.48. The zero-order valence-corrected chi connectivity index (χ0v) is 18.7. The number of hydrogen-bond donors (Lipinski definition) is 1. The van der Waals surface area contributed by atoms with Gasteiger partial charge in [0.05, 0.1) is 18.7 Å². The van der Waals surface area contributed by atoms with Crippen LogP contribution in [0.4, 0.5) is 5.82 Å². The summed E-state index contributed by atoms with van der Waals surface area (Å²) in [5.74, 6) is 2.12. The molecule has 31 heavy (non-hydrogen) atoms. The summed E-state index contributed by atoms with van der Waals surface area (Å²) in [6, 6.07) is 9.02. The van der Waals surface area contributed by atoms with Crippen molar-refractivity contribution in [3.63, 3.8) is 0 Å². The lowest BCUT2D eigenvalue weighted by Gasteiger charge is -2.35. The third-order valence-electron chi connectivity index (χ3n) is 5.16. The Bertz CT molecular complexity index is 923. The summed E-state index contributed by atoms with van der Waals surface area (Å²) in [5, 5.41) is 2.72. The van der Waals surface area contributed by atoms with Gasteiger partial charge < -0.3 is 19.9 Å². The monoisotopic (exact) mass is 425 g/mol. The number of ether oxygens (including phenoxy) is 1. The molecule has 1 fully saturated rings. The number of rotatable bonds is 7. The number of benzene rings is 1. The Hall–Kier alpha value is -3.16. The molecule has 2 aromatic rings. The van der Waals surface area contributed by atoms with Gasteiger partial charge in [-0.1, -0.05) is 26.0 Å². The minimum absolute atomic E-state index is 0.0383. The average Bonchev–Trinajstić information content (AvgIpc) is 2.77. The minimum Gasteiger partial charge on any atom is -0.493 e. The van der Waals surface area contributed by atoms with Crippen LogP contribution in [0.15, 0.2) is 30.3 Å². The molecular weight excluding hydrogens is 394 g/mol. The molecule has 0 aliphatic carbocycles. The average molecular weight is 426 g/mol. The second-order valence-corrected chi connectivity index (χ2v) is 7.86. The van der Waals surface area contributed by atoms with Crippen LogP contribution in [0.3, 0.4) is 0 Å². The molecule has 0 saturated carbocycles. The Balaban J connectivity index is 1.53. The highest BCUT2D eigenvalue weighted by Gasteiger charge is 2.23. The van der Waals surface area contributed by atoms with Crippen molar-refractivity contribution in [1.82, 2.24) is 20.2 Å². The number of anilines is 1. The van der Waals surface area contributed by atoms with Gasteiger partial charge in [0, 0.05) is 43.9 Å². The number of aryl methyl sites for hydroxylation is 1. The number of nitrogens with zero attached hydrogens (tertiary/aromatic N) is 4. The first-order valence-corrected chi connectivity index (χ1v) is 10.8. The van der Waals surface area contributed by atoms with E-state index in [1.54, 1.807) is 23.1 Å². The number of carbonyl (C=O) groups is 2. The number of hydrogen-bond acceptors (Lipinski definition) is 6.